The van der Waals surface area contributed by atoms with Crippen LogP contribution in [0, 0.1) is 0 Å². The van der Waals surface area contributed by atoms with Crippen LogP contribution in [0.3, 0.4) is 0 Å². The predicted molar refractivity (Wildman–Crippen MR) is 81.3 cm³/mol. The Balaban J connectivity index is 0.00000106. The van der Waals surface area contributed by atoms with Crippen molar-refractivity contribution >= 4 is 5.91 Å². The lowest BCUT2D eigenvalue weighted by Crippen LogP contribution is -2.35. The molecule has 0 aliphatic heterocycles. The summed E-state index contributed by atoms with van der Waals surface area (Å²) in [5.74, 6) is -0.513. The van der Waals surface area contributed by atoms with Crippen LogP contribution in [0.1, 0.15) is 29.8 Å². The van der Waals surface area contributed by atoms with Crippen molar-refractivity contribution in [3.8, 4) is 0 Å². The smallest absolute Gasteiger partial charge is 0.328 e. The molecule has 21 heavy (non-hydrogen) atoms. The monoisotopic (exact) mass is 289 g/mol. The number of benzene rings is 1. The lowest BCUT2D eigenvalue weighted by molar-refractivity contribution is 0.0948. The summed E-state index contributed by atoms with van der Waals surface area (Å²) in [7, 11) is 1.46. The number of hydrogen-bond acceptors (Lipinski definition) is 3. The Morgan fingerprint density at radius 3 is 2.43 bits per heavy atom. The van der Waals surface area contributed by atoms with Crippen LogP contribution in [-0.4, -0.2) is 15.5 Å². The molecule has 0 fully saturated rings. The summed E-state index contributed by atoms with van der Waals surface area (Å²) >= 11 is 0. The van der Waals surface area contributed by atoms with Gasteiger partial charge in [-0.25, -0.2) is 4.79 Å². The normalized spacial score (nSPS) is 9.48. The third-order valence-corrected chi connectivity index (χ3v) is 2.65. The molecule has 2 aromatic rings. The summed E-state index contributed by atoms with van der Waals surface area (Å²) in [6.07, 6.45) is 1.22. The van der Waals surface area contributed by atoms with E-state index in [9.17, 15) is 14.4 Å². The van der Waals surface area contributed by atoms with Crippen LogP contribution in [0.25, 0.3) is 0 Å². The van der Waals surface area contributed by atoms with Crippen molar-refractivity contribution in [1.29, 1.82) is 0 Å². The number of nitrogens with one attached hydrogen (secondary N) is 2. The van der Waals surface area contributed by atoms with E-state index in [-0.39, 0.29) is 5.56 Å². The van der Waals surface area contributed by atoms with E-state index in [0.29, 0.717) is 6.54 Å². The highest BCUT2D eigenvalue weighted by Crippen LogP contribution is 1.98. The molecule has 0 saturated carbocycles. The molecule has 6 nitrogen and oxygen atoms in total. The highest BCUT2D eigenvalue weighted by molar-refractivity contribution is 5.93. The van der Waals surface area contributed by atoms with Gasteiger partial charge in [0.1, 0.15) is 5.56 Å². The standard InChI is InChI=1S/C13H13N3O3.C2H6/c1-16-8-10(12(18)15-13(16)19)11(17)14-7-9-5-3-2-4-6-9;1-2/h2-6,8H,7H2,1H3,(H,14,17)(H,15,18,19);1-2H3. The predicted octanol–water partition coefficient (Wildman–Crippen LogP) is 1.03. The number of nitrogens with zero attached hydrogens (tertiary/aromatic N) is 1. The molecule has 1 aromatic carbocycles. The fraction of sp³-hybridized carbons (Fsp3) is 0.267. The third kappa shape index (κ3) is 4.45. The van der Waals surface area contributed by atoms with Crippen molar-refractivity contribution in [2.24, 2.45) is 7.05 Å². The van der Waals surface area contributed by atoms with Crippen molar-refractivity contribution in [2.75, 3.05) is 0 Å². The van der Waals surface area contributed by atoms with E-state index in [1.807, 2.05) is 44.2 Å². The second kappa shape index (κ2) is 7.84. The number of rotatable bonds is 3. The molecular weight excluding hydrogens is 270 g/mol. The number of hydrogen-bond donors (Lipinski definition) is 2. The van der Waals surface area contributed by atoms with Crippen LogP contribution in [0.4, 0.5) is 0 Å². The van der Waals surface area contributed by atoms with Gasteiger partial charge in [-0.3, -0.25) is 14.6 Å². The van der Waals surface area contributed by atoms with Gasteiger partial charge in [0.25, 0.3) is 11.5 Å². The number of aryl methyl sites for hydroxylation is 1. The molecular formula is C15H19N3O3. The SMILES string of the molecule is CC.Cn1cc(C(=O)NCc2ccccc2)c(=O)[nH]c1=O. The van der Waals surface area contributed by atoms with Crippen LogP contribution in [0.2, 0.25) is 0 Å². The van der Waals surface area contributed by atoms with Gasteiger partial charge in [-0.2, -0.15) is 0 Å². The minimum Gasteiger partial charge on any atom is -0.348 e. The highest BCUT2D eigenvalue weighted by atomic mass is 16.2. The lowest BCUT2D eigenvalue weighted by Gasteiger charge is -2.05. The summed E-state index contributed by atoms with van der Waals surface area (Å²) in [5.41, 5.74) is -0.395. The third-order valence-electron chi connectivity index (χ3n) is 2.65. The molecule has 1 aromatic heterocycles. The minimum atomic E-state index is -0.686. The average Bonchev–Trinajstić information content (AvgIpc) is 2.51. The highest BCUT2D eigenvalue weighted by Gasteiger charge is 2.11. The summed E-state index contributed by atoms with van der Waals surface area (Å²) in [4.78, 5) is 36.6. The van der Waals surface area contributed by atoms with Crippen molar-refractivity contribution in [3.05, 3.63) is 68.5 Å². The molecule has 0 unspecified atom stereocenters. The topological polar surface area (TPSA) is 84.0 Å². The van der Waals surface area contributed by atoms with Gasteiger partial charge in [0.05, 0.1) is 0 Å². The first-order valence-electron chi connectivity index (χ1n) is 6.70. The van der Waals surface area contributed by atoms with Gasteiger partial charge in [-0.15, -0.1) is 0 Å². The van der Waals surface area contributed by atoms with Gasteiger partial charge >= 0.3 is 5.69 Å². The maximum Gasteiger partial charge on any atom is 0.328 e. The number of carbonyl (C=O) groups excluding carboxylic acids is 1. The molecule has 0 spiro atoms. The summed E-state index contributed by atoms with van der Waals surface area (Å²) in [6, 6.07) is 9.33. The Kier molecular flexibility index (Phi) is 6.13. The number of carbonyl (C=O) groups is 1. The Hall–Kier alpha value is -2.63. The van der Waals surface area contributed by atoms with Gasteiger partial charge in [-0.05, 0) is 5.56 Å². The molecule has 0 atom stereocenters. The average molecular weight is 289 g/mol. The van der Waals surface area contributed by atoms with Gasteiger partial charge in [0.2, 0.25) is 0 Å². The van der Waals surface area contributed by atoms with Gasteiger partial charge < -0.3 is 9.88 Å². The lowest BCUT2D eigenvalue weighted by atomic mass is 10.2. The molecule has 1 heterocycles. The Labute approximate surface area is 122 Å². The fourth-order valence-electron chi connectivity index (χ4n) is 1.60. The molecule has 0 saturated heterocycles. The van der Waals surface area contributed by atoms with Crippen LogP contribution in [-0.2, 0) is 13.6 Å². The van der Waals surface area contributed by atoms with Crippen LogP contribution in [0.15, 0.2) is 46.1 Å². The van der Waals surface area contributed by atoms with Crippen LogP contribution < -0.4 is 16.6 Å². The second-order valence-corrected chi connectivity index (χ2v) is 4.08. The van der Waals surface area contributed by atoms with Crippen molar-refractivity contribution in [1.82, 2.24) is 14.9 Å². The molecule has 0 bridgehead atoms. The van der Waals surface area contributed by atoms with E-state index >= 15 is 0 Å². The quantitative estimate of drug-likeness (QED) is 0.885. The second-order valence-electron chi connectivity index (χ2n) is 4.08. The molecule has 1 amide bonds. The first kappa shape index (κ1) is 16.4. The zero-order valence-corrected chi connectivity index (χ0v) is 12.3. The zero-order valence-electron chi connectivity index (χ0n) is 12.3. The molecule has 0 aliphatic rings. The van der Waals surface area contributed by atoms with E-state index in [1.54, 1.807) is 0 Å². The van der Waals surface area contributed by atoms with Crippen molar-refractivity contribution in [2.45, 2.75) is 20.4 Å². The molecule has 0 radical (unpaired) electrons. The van der Waals surface area contributed by atoms with E-state index in [4.69, 9.17) is 0 Å². The Morgan fingerprint density at radius 2 is 1.81 bits per heavy atom. The summed E-state index contributed by atoms with van der Waals surface area (Å²) in [6.45, 7) is 4.32. The van der Waals surface area contributed by atoms with Gasteiger partial charge in [0, 0.05) is 19.8 Å². The Bertz CT molecular complexity index is 702. The molecule has 0 aliphatic carbocycles. The zero-order chi connectivity index (χ0) is 15.8. The molecule has 2 rings (SSSR count). The largest absolute Gasteiger partial charge is 0.348 e. The maximum absolute atomic E-state index is 11.9. The van der Waals surface area contributed by atoms with E-state index in [0.717, 1.165) is 10.1 Å². The number of amides is 1. The number of aromatic amines is 1. The summed E-state index contributed by atoms with van der Waals surface area (Å²) in [5, 5.41) is 2.63. The Morgan fingerprint density at radius 1 is 1.19 bits per heavy atom. The fourth-order valence-corrected chi connectivity index (χ4v) is 1.60. The maximum atomic E-state index is 11.9. The van der Waals surface area contributed by atoms with Crippen molar-refractivity contribution in [3.63, 3.8) is 0 Å². The van der Waals surface area contributed by atoms with E-state index in [1.165, 1.54) is 13.2 Å². The molecule has 112 valence electrons. The van der Waals surface area contributed by atoms with Crippen molar-refractivity contribution < 1.29 is 4.79 Å². The number of H-pyrrole nitrogens is 1. The first-order valence-corrected chi connectivity index (χ1v) is 6.70. The molecule has 6 heteroatoms. The first-order chi connectivity index (χ1) is 10.1. The van der Waals surface area contributed by atoms with Crippen LogP contribution >= 0.6 is 0 Å². The summed E-state index contributed by atoms with van der Waals surface area (Å²) < 4.78 is 1.15. The van der Waals surface area contributed by atoms with E-state index in [2.05, 4.69) is 10.3 Å². The van der Waals surface area contributed by atoms with Crippen LogP contribution in [0.5, 0.6) is 0 Å². The van der Waals surface area contributed by atoms with Gasteiger partial charge in [-0.1, -0.05) is 44.2 Å². The van der Waals surface area contributed by atoms with E-state index < -0.39 is 17.2 Å². The minimum absolute atomic E-state index is 0.0852. The van der Waals surface area contributed by atoms with Gasteiger partial charge in [0.15, 0.2) is 0 Å². The number of aromatic nitrogens is 2. The molecule has 2 N–H and O–H groups in total.